The number of thiazole rings is 1. The van der Waals surface area contributed by atoms with Crippen LogP contribution in [0.5, 0.6) is 5.75 Å². The van der Waals surface area contributed by atoms with Crippen molar-refractivity contribution in [3.05, 3.63) is 48.0 Å². The van der Waals surface area contributed by atoms with Gasteiger partial charge in [0.25, 0.3) is 0 Å². The highest BCUT2D eigenvalue weighted by molar-refractivity contribution is 7.89. The van der Waals surface area contributed by atoms with Crippen LogP contribution in [0.2, 0.25) is 0 Å². The molecule has 0 saturated heterocycles. The summed E-state index contributed by atoms with van der Waals surface area (Å²) >= 11 is 1.59. The molecule has 1 aromatic heterocycles. The average Bonchev–Trinajstić information content (AvgIpc) is 3.36. The Balaban J connectivity index is 1.33. The number of hydrogen-bond acceptors (Lipinski definition) is 6. The van der Waals surface area contributed by atoms with Crippen LogP contribution in [0.1, 0.15) is 31.2 Å². The summed E-state index contributed by atoms with van der Waals surface area (Å²) in [5.74, 6) is 0.824. The van der Waals surface area contributed by atoms with Crippen LogP contribution in [0.15, 0.2) is 47.4 Å². The van der Waals surface area contributed by atoms with Gasteiger partial charge < -0.3 is 10.1 Å². The molecule has 2 aromatic carbocycles. The van der Waals surface area contributed by atoms with E-state index in [1.807, 2.05) is 30.3 Å². The van der Waals surface area contributed by atoms with E-state index in [9.17, 15) is 8.42 Å². The van der Waals surface area contributed by atoms with E-state index in [-0.39, 0.29) is 6.04 Å². The molecule has 29 heavy (non-hydrogen) atoms. The van der Waals surface area contributed by atoms with Crippen LogP contribution in [-0.4, -0.2) is 33.1 Å². The normalized spacial score (nSPS) is 15.1. The Kier molecular flexibility index (Phi) is 6.03. The maximum Gasteiger partial charge on any atom is 0.240 e. The Morgan fingerprint density at radius 3 is 2.62 bits per heavy atom. The first kappa shape index (κ1) is 20.1. The lowest BCUT2D eigenvalue weighted by Gasteiger charge is -2.13. The average molecular weight is 432 g/mol. The number of nitrogens with zero attached hydrogens (tertiary/aromatic N) is 1. The Labute approximate surface area is 175 Å². The van der Waals surface area contributed by atoms with Crippen molar-refractivity contribution in [3.8, 4) is 5.75 Å². The molecule has 0 spiro atoms. The lowest BCUT2D eigenvalue weighted by Crippen LogP contribution is -2.32. The van der Waals surface area contributed by atoms with Crippen LogP contribution in [-0.2, 0) is 16.4 Å². The Morgan fingerprint density at radius 2 is 1.90 bits per heavy atom. The number of rotatable bonds is 8. The van der Waals surface area contributed by atoms with Gasteiger partial charge in [-0.3, -0.25) is 0 Å². The van der Waals surface area contributed by atoms with E-state index in [1.54, 1.807) is 30.6 Å². The second-order valence-corrected chi connectivity index (χ2v) is 10.0. The van der Waals surface area contributed by atoms with Gasteiger partial charge in [-0.2, -0.15) is 0 Å². The van der Waals surface area contributed by atoms with Crippen LogP contribution in [0.3, 0.4) is 0 Å². The number of nitrogens with one attached hydrogen (secondary N) is 2. The van der Waals surface area contributed by atoms with Gasteiger partial charge in [0.05, 0.1) is 22.2 Å². The van der Waals surface area contributed by atoms with Gasteiger partial charge in [0, 0.05) is 12.6 Å². The highest BCUT2D eigenvalue weighted by Gasteiger charge is 2.22. The van der Waals surface area contributed by atoms with Crippen LogP contribution in [0, 0.1) is 0 Å². The standard InChI is InChI=1S/C21H25N3O3S2/c1-27-17-8-11-19-20(14-17)28-21(23-19)22-13-12-15-6-9-18(10-7-15)29(25,26)24-16-4-2-3-5-16/h6-11,14,16,24H,2-5,12-13H2,1H3,(H,22,23). The largest absolute Gasteiger partial charge is 0.497 e. The predicted octanol–water partition coefficient (Wildman–Crippen LogP) is 4.18. The summed E-state index contributed by atoms with van der Waals surface area (Å²) in [4.78, 5) is 4.91. The summed E-state index contributed by atoms with van der Waals surface area (Å²) in [7, 11) is -1.77. The van der Waals surface area contributed by atoms with E-state index in [0.717, 1.165) is 65.3 Å². The van der Waals surface area contributed by atoms with Crippen molar-refractivity contribution < 1.29 is 13.2 Å². The molecule has 2 N–H and O–H groups in total. The number of aromatic nitrogens is 1. The Morgan fingerprint density at radius 1 is 1.14 bits per heavy atom. The highest BCUT2D eigenvalue weighted by Crippen LogP contribution is 2.29. The molecule has 0 atom stereocenters. The molecule has 6 nitrogen and oxygen atoms in total. The smallest absolute Gasteiger partial charge is 0.240 e. The molecule has 0 unspecified atom stereocenters. The first-order valence-corrected chi connectivity index (χ1v) is 12.1. The van der Waals surface area contributed by atoms with Crippen molar-refractivity contribution >= 4 is 36.7 Å². The third-order valence-electron chi connectivity index (χ3n) is 5.20. The van der Waals surface area contributed by atoms with Gasteiger partial charge in [-0.15, -0.1) is 0 Å². The predicted molar refractivity (Wildman–Crippen MR) is 117 cm³/mol. The fourth-order valence-corrected chi connectivity index (χ4v) is 5.81. The molecule has 1 fully saturated rings. The van der Waals surface area contributed by atoms with Gasteiger partial charge in [-0.25, -0.2) is 18.1 Å². The van der Waals surface area contributed by atoms with Crippen LogP contribution < -0.4 is 14.8 Å². The van der Waals surface area contributed by atoms with Crippen molar-refractivity contribution in [2.45, 2.75) is 43.0 Å². The van der Waals surface area contributed by atoms with Crippen LogP contribution in [0.25, 0.3) is 10.2 Å². The van der Waals surface area contributed by atoms with E-state index < -0.39 is 10.0 Å². The van der Waals surface area contributed by atoms with E-state index in [1.165, 1.54) is 0 Å². The molecular formula is C21H25N3O3S2. The molecule has 1 heterocycles. The molecule has 0 amide bonds. The molecular weight excluding hydrogens is 406 g/mol. The molecule has 1 aliphatic carbocycles. The number of ether oxygens (including phenoxy) is 1. The number of benzene rings is 2. The first-order chi connectivity index (χ1) is 14.0. The maximum atomic E-state index is 12.5. The minimum atomic E-state index is -3.43. The van der Waals surface area contributed by atoms with E-state index in [2.05, 4.69) is 15.0 Å². The number of hydrogen-bond donors (Lipinski definition) is 2. The van der Waals surface area contributed by atoms with Crippen molar-refractivity contribution in [3.63, 3.8) is 0 Å². The third kappa shape index (κ3) is 4.88. The summed E-state index contributed by atoms with van der Waals surface area (Å²) in [5, 5.41) is 4.22. The van der Waals surface area contributed by atoms with E-state index >= 15 is 0 Å². The SMILES string of the molecule is COc1ccc2nc(NCCc3ccc(S(=O)(=O)NC4CCCC4)cc3)sc2c1. The highest BCUT2D eigenvalue weighted by atomic mass is 32.2. The van der Waals surface area contributed by atoms with E-state index in [4.69, 9.17) is 4.74 Å². The molecule has 8 heteroatoms. The van der Waals surface area contributed by atoms with E-state index in [0.29, 0.717) is 4.90 Å². The van der Waals surface area contributed by atoms with Gasteiger partial charge >= 0.3 is 0 Å². The molecule has 154 valence electrons. The summed E-state index contributed by atoms with van der Waals surface area (Å²) in [6, 6.07) is 13.1. The second kappa shape index (κ2) is 8.69. The molecule has 0 bridgehead atoms. The maximum absolute atomic E-state index is 12.5. The Bertz CT molecular complexity index is 1070. The lowest BCUT2D eigenvalue weighted by molar-refractivity contribution is 0.415. The van der Waals surface area contributed by atoms with Crippen molar-refractivity contribution in [1.82, 2.24) is 9.71 Å². The Hall–Kier alpha value is -2.16. The fourth-order valence-electron chi connectivity index (χ4n) is 3.59. The first-order valence-electron chi connectivity index (χ1n) is 9.83. The molecule has 1 saturated carbocycles. The number of fused-ring (bicyclic) bond motifs is 1. The molecule has 3 aromatic rings. The monoisotopic (exact) mass is 431 g/mol. The molecule has 1 aliphatic rings. The van der Waals surface area contributed by atoms with Crippen LogP contribution >= 0.6 is 11.3 Å². The summed E-state index contributed by atoms with van der Waals surface area (Å²) in [5.41, 5.74) is 2.03. The van der Waals surface area contributed by atoms with Crippen molar-refractivity contribution in [2.24, 2.45) is 0 Å². The number of sulfonamides is 1. The second-order valence-electron chi connectivity index (χ2n) is 7.28. The van der Waals surface area contributed by atoms with Gasteiger partial charge in [-0.1, -0.05) is 36.3 Å². The molecule has 4 rings (SSSR count). The zero-order valence-corrected chi connectivity index (χ0v) is 18.0. The quantitative estimate of drug-likeness (QED) is 0.559. The molecule has 0 radical (unpaired) electrons. The van der Waals surface area contributed by atoms with Gasteiger partial charge in [0.1, 0.15) is 5.75 Å². The lowest BCUT2D eigenvalue weighted by atomic mass is 10.1. The van der Waals surface area contributed by atoms with Gasteiger partial charge in [0.2, 0.25) is 10.0 Å². The summed E-state index contributed by atoms with van der Waals surface area (Å²) in [6.07, 6.45) is 4.85. The van der Waals surface area contributed by atoms with Gasteiger partial charge in [0.15, 0.2) is 5.13 Å². The van der Waals surface area contributed by atoms with Gasteiger partial charge in [-0.05, 0) is 55.2 Å². The summed E-state index contributed by atoms with van der Waals surface area (Å²) < 4.78 is 34.1. The van der Waals surface area contributed by atoms with Crippen molar-refractivity contribution in [1.29, 1.82) is 0 Å². The summed E-state index contributed by atoms with van der Waals surface area (Å²) in [6.45, 7) is 0.726. The number of anilines is 1. The zero-order chi connectivity index (χ0) is 20.3. The minimum Gasteiger partial charge on any atom is -0.497 e. The topological polar surface area (TPSA) is 80.3 Å². The number of methoxy groups -OCH3 is 1. The zero-order valence-electron chi connectivity index (χ0n) is 16.3. The molecule has 0 aliphatic heterocycles. The fraction of sp³-hybridized carbons (Fsp3) is 0.381. The van der Waals surface area contributed by atoms with Crippen LogP contribution in [0.4, 0.5) is 5.13 Å². The minimum absolute atomic E-state index is 0.0812. The van der Waals surface area contributed by atoms with Crippen molar-refractivity contribution in [2.75, 3.05) is 19.0 Å². The third-order valence-corrected chi connectivity index (χ3v) is 7.71.